The number of carbonyl (C=O) groups excluding carboxylic acids is 1. The Labute approximate surface area is 229 Å². The van der Waals surface area contributed by atoms with Crippen molar-refractivity contribution in [3.05, 3.63) is 11.8 Å². The number of nitrogens with two attached hydrogens (primary N) is 3. The van der Waals surface area contributed by atoms with E-state index in [2.05, 4.69) is 10.6 Å². The number of aliphatic hydroxyl groups is 3. The summed E-state index contributed by atoms with van der Waals surface area (Å²) in [6.45, 7) is 3.06. The van der Waals surface area contributed by atoms with Gasteiger partial charge in [-0.3, -0.25) is 5.21 Å². The van der Waals surface area contributed by atoms with E-state index in [1.54, 1.807) is 6.92 Å². The van der Waals surface area contributed by atoms with Gasteiger partial charge in [0.2, 0.25) is 0 Å². The van der Waals surface area contributed by atoms with E-state index >= 15 is 0 Å². The van der Waals surface area contributed by atoms with Crippen molar-refractivity contribution in [3.63, 3.8) is 0 Å². The molecule has 228 valence electrons. The quantitative estimate of drug-likeness (QED) is 0.0389. The Balaban J connectivity index is 2.16. The van der Waals surface area contributed by atoms with Crippen LogP contribution in [0.4, 0.5) is 4.79 Å². The lowest BCUT2D eigenvalue weighted by Gasteiger charge is -2.45. The van der Waals surface area contributed by atoms with Crippen molar-refractivity contribution >= 4 is 6.03 Å². The smallest absolute Gasteiger partial charge is 0.341 e. The minimum Gasteiger partial charge on any atom is -0.468 e. The number of carbonyl (C=O) groups is 1. The normalized spacial score (nSPS) is 28.8. The lowest BCUT2D eigenvalue weighted by molar-refractivity contribution is -0.269. The molecule has 1 aliphatic heterocycles. The molecule has 1 heterocycles. The summed E-state index contributed by atoms with van der Waals surface area (Å²) in [5.41, 5.74) is 17.3. The van der Waals surface area contributed by atoms with E-state index in [4.69, 9.17) is 36.1 Å². The van der Waals surface area contributed by atoms with E-state index in [0.717, 1.165) is 13.0 Å². The zero-order valence-electron chi connectivity index (χ0n) is 22.7. The van der Waals surface area contributed by atoms with E-state index in [-0.39, 0.29) is 39.1 Å². The van der Waals surface area contributed by atoms with Crippen molar-refractivity contribution in [2.75, 3.05) is 45.9 Å². The number of allylic oxidation sites excluding steroid dienone is 1. The fraction of sp³-hybridized carbons (Fsp3) is 0.875. The van der Waals surface area contributed by atoms with Crippen molar-refractivity contribution < 1.29 is 44.3 Å². The Morgan fingerprint density at radius 3 is 2.74 bits per heavy atom. The van der Waals surface area contributed by atoms with Crippen LogP contribution in [0.1, 0.15) is 39.0 Å². The third-order valence-electron chi connectivity index (χ3n) is 6.52. The van der Waals surface area contributed by atoms with Crippen molar-refractivity contribution in [2.45, 2.75) is 88.1 Å². The molecule has 2 rings (SSSR count). The molecule has 1 aliphatic carbocycles. The molecular formula is C24H48N6O9. The van der Waals surface area contributed by atoms with Gasteiger partial charge in [0, 0.05) is 19.0 Å². The Morgan fingerprint density at radius 2 is 2.08 bits per heavy atom. The molecule has 8 atom stereocenters. The van der Waals surface area contributed by atoms with E-state index in [1.165, 1.54) is 0 Å². The van der Waals surface area contributed by atoms with Gasteiger partial charge in [-0.05, 0) is 44.8 Å². The Kier molecular flexibility index (Phi) is 15.4. The van der Waals surface area contributed by atoms with Gasteiger partial charge >= 0.3 is 6.03 Å². The predicted octanol–water partition coefficient (Wildman–Crippen LogP) is -2.36. The zero-order valence-corrected chi connectivity index (χ0v) is 22.7. The van der Waals surface area contributed by atoms with E-state index in [1.807, 2.05) is 6.08 Å². The standard InChI is InChI=1S/C24H48N6O9/c1-2-18(32)23(36-12-11-31)39-22-17(29-24(34)30(35)10-8-26)13-16(27)21(20(22)33)38-19-6-3-5-15(37-19)14-28-9-4-7-25/h5,16-23,28,31-33,35H,2-4,6-14,25-27H2,1H3,(H,29,34)/t16?,17?,18?,19-,20?,21-,22+,23?/m1/s1. The first-order chi connectivity index (χ1) is 18.7. The summed E-state index contributed by atoms with van der Waals surface area (Å²) in [5, 5.41) is 47.2. The fourth-order valence-electron chi connectivity index (χ4n) is 4.43. The summed E-state index contributed by atoms with van der Waals surface area (Å²) in [4.78, 5) is 12.5. The number of nitrogens with one attached hydrogen (secondary N) is 2. The summed E-state index contributed by atoms with van der Waals surface area (Å²) in [5.74, 6) is 0.714. The topological polar surface area (TPSA) is 240 Å². The van der Waals surface area contributed by atoms with Gasteiger partial charge in [-0.1, -0.05) is 6.92 Å². The monoisotopic (exact) mass is 564 g/mol. The molecule has 0 aromatic carbocycles. The summed E-state index contributed by atoms with van der Waals surface area (Å²) in [6.07, 6.45) is -1.98. The highest BCUT2D eigenvalue weighted by Gasteiger charge is 2.48. The third kappa shape index (κ3) is 10.7. The summed E-state index contributed by atoms with van der Waals surface area (Å²) < 4.78 is 23.6. The Hall–Kier alpha value is -1.63. The Bertz CT molecular complexity index is 736. The average molecular weight is 565 g/mol. The lowest BCUT2D eigenvalue weighted by Crippen LogP contribution is -2.66. The van der Waals surface area contributed by atoms with Gasteiger partial charge in [-0.25, -0.2) is 9.86 Å². The molecule has 1 saturated carbocycles. The molecule has 39 heavy (non-hydrogen) atoms. The molecule has 15 heteroatoms. The third-order valence-corrected chi connectivity index (χ3v) is 6.52. The maximum absolute atomic E-state index is 12.5. The molecule has 15 nitrogen and oxygen atoms in total. The number of hydroxylamine groups is 2. The number of hydrogen-bond donors (Lipinski definition) is 9. The molecule has 0 aromatic rings. The number of amides is 2. The van der Waals surface area contributed by atoms with Crippen LogP contribution in [0.25, 0.3) is 0 Å². The molecule has 12 N–H and O–H groups in total. The van der Waals surface area contributed by atoms with Gasteiger partial charge in [-0.15, -0.1) is 0 Å². The molecule has 5 unspecified atom stereocenters. The maximum Gasteiger partial charge on any atom is 0.341 e. The first-order valence-corrected chi connectivity index (χ1v) is 13.6. The largest absolute Gasteiger partial charge is 0.468 e. The summed E-state index contributed by atoms with van der Waals surface area (Å²) >= 11 is 0. The number of nitrogens with zero attached hydrogens (tertiary/aromatic N) is 1. The van der Waals surface area contributed by atoms with Gasteiger partial charge in [-0.2, -0.15) is 0 Å². The molecule has 0 radical (unpaired) electrons. The van der Waals surface area contributed by atoms with Crippen molar-refractivity contribution in [2.24, 2.45) is 17.2 Å². The molecule has 1 fully saturated rings. The van der Waals surface area contributed by atoms with Gasteiger partial charge in [0.05, 0.1) is 32.3 Å². The summed E-state index contributed by atoms with van der Waals surface area (Å²) in [6, 6.07) is -2.47. The highest BCUT2D eigenvalue weighted by atomic mass is 16.7. The number of hydrogen-bond acceptors (Lipinski definition) is 13. The van der Waals surface area contributed by atoms with Crippen LogP contribution in [0.3, 0.4) is 0 Å². The minimum absolute atomic E-state index is 0.0344. The number of urea groups is 1. The fourth-order valence-corrected chi connectivity index (χ4v) is 4.43. The van der Waals surface area contributed by atoms with Crippen LogP contribution < -0.4 is 27.8 Å². The zero-order chi connectivity index (χ0) is 28.8. The highest BCUT2D eigenvalue weighted by Crippen LogP contribution is 2.30. The molecule has 0 aromatic heterocycles. The minimum atomic E-state index is -1.37. The van der Waals surface area contributed by atoms with Crippen LogP contribution in [-0.2, 0) is 18.9 Å². The van der Waals surface area contributed by atoms with Crippen molar-refractivity contribution in [1.82, 2.24) is 15.7 Å². The number of aliphatic hydroxyl groups excluding tert-OH is 3. The first kappa shape index (κ1) is 33.6. The second-order valence-electron chi connectivity index (χ2n) is 9.61. The lowest BCUT2D eigenvalue weighted by atomic mass is 9.84. The summed E-state index contributed by atoms with van der Waals surface area (Å²) in [7, 11) is 0. The van der Waals surface area contributed by atoms with Crippen LogP contribution in [0.15, 0.2) is 11.8 Å². The van der Waals surface area contributed by atoms with Gasteiger partial charge in [0.1, 0.15) is 30.2 Å². The highest BCUT2D eigenvalue weighted by molar-refractivity contribution is 5.73. The van der Waals surface area contributed by atoms with Gasteiger partial charge < -0.3 is 62.1 Å². The van der Waals surface area contributed by atoms with Gasteiger partial charge in [0.25, 0.3) is 0 Å². The first-order valence-electron chi connectivity index (χ1n) is 13.6. The molecule has 0 spiro atoms. The molecule has 2 aliphatic rings. The molecule has 2 amide bonds. The second kappa shape index (κ2) is 17.9. The van der Waals surface area contributed by atoms with E-state index in [9.17, 15) is 25.3 Å². The second-order valence-corrected chi connectivity index (χ2v) is 9.61. The SMILES string of the molecule is CCC(O)C(OCCO)O[C@H]1C(NC(=O)N(O)CCN)CC(N)[C@@H](O[C@@H]2CCC=C(CNCCCN)O2)C1O. The Morgan fingerprint density at radius 1 is 1.31 bits per heavy atom. The predicted molar refractivity (Wildman–Crippen MR) is 140 cm³/mol. The molecular weight excluding hydrogens is 516 g/mol. The van der Waals surface area contributed by atoms with Crippen LogP contribution in [0, 0.1) is 0 Å². The van der Waals surface area contributed by atoms with Crippen LogP contribution in [0.2, 0.25) is 0 Å². The molecule has 0 bridgehead atoms. The average Bonchev–Trinajstić information content (AvgIpc) is 2.92. The van der Waals surface area contributed by atoms with Crippen LogP contribution >= 0.6 is 0 Å². The van der Waals surface area contributed by atoms with Crippen molar-refractivity contribution in [1.29, 1.82) is 0 Å². The van der Waals surface area contributed by atoms with E-state index < -0.39 is 55.1 Å². The van der Waals surface area contributed by atoms with E-state index in [0.29, 0.717) is 36.8 Å². The van der Waals surface area contributed by atoms with Gasteiger partial charge in [0.15, 0.2) is 12.6 Å². The number of ether oxygens (including phenoxy) is 4. The van der Waals surface area contributed by atoms with Crippen LogP contribution in [-0.4, -0.2) is 127 Å². The maximum atomic E-state index is 12.5. The number of rotatable bonds is 17. The van der Waals surface area contributed by atoms with Crippen molar-refractivity contribution in [3.8, 4) is 0 Å². The molecule has 0 saturated heterocycles. The van der Waals surface area contributed by atoms with Crippen LogP contribution in [0.5, 0.6) is 0 Å².